The SMILES string of the molecule is CCCCC/C=C\C/C=C\CCCCCCCC(=O)OC(COC(=O)CCCCCCCCC)COC(=O)CCCCCCCCCCC/C=C\CCCCCCCCCC. The van der Waals surface area contributed by atoms with Crippen molar-refractivity contribution in [2.45, 2.75) is 284 Å². The molecule has 0 aliphatic rings. The van der Waals surface area contributed by atoms with Crippen LogP contribution in [0.1, 0.15) is 278 Å². The van der Waals surface area contributed by atoms with E-state index in [1.807, 2.05) is 0 Å². The normalized spacial score (nSPS) is 12.2. The molecule has 1 unspecified atom stereocenters. The van der Waals surface area contributed by atoms with E-state index in [0.29, 0.717) is 19.3 Å². The van der Waals surface area contributed by atoms with Crippen LogP contribution in [-0.2, 0) is 28.6 Å². The Balaban J connectivity index is 4.21. The van der Waals surface area contributed by atoms with Crippen LogP contribution in [0.4, 0.5) is 0 Å². The number of hydrogen-bond acceptors (Lipinski definition) is 6. The Morgan fingerprint density at radius 1 is 0.328 bits per heavy atom. The van der Waals surface area contributed by atoms with Gasteiger partial charge < -0.3 is 14.2 Å². The standard InChI is InChI=1S/C55H100O6/c1-4-7-10-13-16-18-20-22-24-25-26-27-28-29-31-32-34-36-39-42-45-48-54(57)60-51-52(50-59-53(56)47-44-41-38-15-12-9-6-3)61-55(58)49-46-43-40-37-35-33-30-23-21-19-17-14-11-8-5-2/h17,19,23,25-26,30,52H,4-16,18,20-22,24,27-29,31-51H2,1-3H3/b19-17-,26-25-,30-23-. The summed E-state index contributed by atoms with van der Waals surface area (Å²) in [6.45, 7) is 6.58. The molecule has 0 aliphatic carbocycles. The maximum Gasteiger partial charge on any atom is 0.306 e. The van der Waals surface area contributed by atoms with E-state index in [1.54, 1.807) is 0 Å². The van der Waals surface area contributed by atoms with Gasteiger partial charge in [0.2, 0.25) is 0 Å². The van der Waals surface area contributed by atoms with Gasteiger partial charge in [-0.2, -0.15) is 0 Å². The lowest BCUT2D eigenvalue weighted by atomic mass is 10.1. The molecule has 0 saturated heterocycles. The van der Waals surface area contributed by atoms with E-state index in [1.165, 1.54) is 154 Å². The molecule has 0 N–H and O–H groups in total. The van der Waals surface area contributed by atoms with Gasteiger partial charge in [-0.1, -0.05) is 218 Å². The Morgan fingerprint density at radius 3 is 0.951 bits per heavy atom. The highest BCUT2D eigenvalue weighted by Gasteiger charge is 2.19. The minimum Gasteiger partial charge on any atom is -0.462 e. The average molecular weight is 857 g/mol. The number of allylic oxidation sites excluding steroid dienone is 6. The van der Waals surface area contributed by atoms with E-state index >= 15 is 0 Å². The number of carbonyl (C=O) groups excluding carboxylic acids is 3. The molecular weight excluding hydrogens is 757 g/mol. The summed E-state index contributed by atoms with van der Waals surface area (Å²) >= 11 is 0. The minimum absolute atomic E-state index is 0.0768. The Hall–Kier alpha value is -2.37. The summed E-state index contributed by atoms with van der Waals surface area (Å²) in [5, 5.41) is 0. The first-order valence-corrected chi connectivity index (χ1v) is 26.5. The summed E-state index contributed by atoms with van der Waals surface area (Å²) in [5.41, 5.74) is 0. The number of esters is 3. The highest BCUT2D eigenvalue weighted by atomic mass is 16.6. The van der Waals surface area contributed by atoms with Gasteiger partial charge in [0.15, 0.2) is 6.10 Å². The predicted octanol–water partition coefficient (Wildman–Crippen LogP) is 17.3. The van der Waals surface area contributed by atoms with Crippen molar-refractivity contribution < 1.29 is 28.6 Å². The minimum atomic E-state index is -0.775. The molecule has 0 bridgehead atoms. The molecule has 61 heavy (non-hydrogen) atoms. The zero-order valence-electron chi connectivity index (χ0n) is 40.7. The van der Waals surface area contributed by atoms with Crippen LogP contribution in [-0.4, -0.2) is 37.2 Å². The Bertz CT molecular complexity index is 1030. The molecule has 0 radical (unpaired) electrons. The summed E-state index contributed by atoms with van der Waals surface area (Å²) in [6.07, 6.45) is 58.6. The van der Waals surface area contributed by atoms with Gasteiger partial charge in [0.25, 0.3) is 0 Å². The highest BCUT2D eigenvalue weighted by Crippen LogP contribution is 2.15. The summed E-state index contributed by atoms with van der Waals surface area (Å²) in [7, 11) is 0. The average Bonchev–Trinajstić information content (AvgIpc) is 3.26. The molecule has 6 nitrogen and oxygen atoms in total. The van der Waals surface area contributed by atoms with Gasteiger partial charge in [0.1, 0.15) is 13.2 Å². The van der Waals surface area contributed by atoms with Gasteiger partial charge in [0, 0.05) is 19.3 Å². The topological polar surface area (TPSA) is 78.9 Å². The smallest absolute Gasteiger partial charge is 0.306 e. The lowest BCUT2D eigenvalue weighted by Gasteiger charge is -2.18. The monoisotopic (exact) mass is 857 g/mol. The fourth-order valence-electron chi connectivity index (χ4n) is 7.59. The maximum atomic E-state index is 12.7. The van der Waals surface area contributed by atoms with E-state index in [9.17, 15) is 14.4 Å². The van der Waals surface area contributed by atoms with E-state index in [4.69, 9.17) is 14.2 Å². The first kappa shape index (κ1) is 58.6. The number of hydrogen-bond donors (Lipinski definition) is 0. The molecule has 0 aromatic rings. The van der Waals surface area contributed by atoms with Crippen LogP contribution < -0.4 is 0 Å². The largest absolute Gasteiger partial charge is 0.462 e. The maximum absolute atomic E-state index is 12.7. The van der Waals surface area contributed by atoms with Crippen LogP contribution >= 0.6 is 0 Å². The van der Waals surface area contributed by atoms with Crippen molar-refractivity contribution in [2.75, 3.05) is 13.2 Å². The molecule has 0 amide bonds. The van der Waals surface area contributed by atoms with Crippen molar-refractivity contribution in [3.8, 4) is 0 Å². The van der Waals surface area contributed by atoms with Gasteiger partial charge in [-0.15, -0.1) is 0 Å². The van der Waals surface area contributed by atoms with Crippen LogP contribution in [0.3, 0.4) is 0 Å². The molecule has 0 fully saturated rings. The molecule has 1 atom stereocenters. The molecule has 6 heteroatoms. The lowest BCUT2D eigenvalue weighted by molar-refractivity contribution is -0.167. The predicted molar refractivity (Wildman–Crippen MR) is 261 cm³/mol. The van der Waals surface area contributed by atoms with Crippen molar-refractivity contribution in [3.63, 3.8) is 0 Å². The summed E-state index contributed by atoms with van der Waals surface area (Å²) < 4.78 is 16.7. The quantitative estimate of drug-likeness (QED) is 0.0262. The second-order valence-corrected chi connectivity index (χ2v) is 17.8. The third-order valence-corrected chi connectivity index (χ3v) is 11.6. The summed E-state index contributed by atoms with van der Waals surface area (Å²) in [6, 6.07) is 0. The number of unbranched alkanes of at least 4 members (excludes halogenated alkanes) is 31. The summed E-state index contributed by atoms with van der Waals surface area (Å²) in [5.74, 6) is -0.890. The Labute approximate surface area is 378 Å². The highest BCUT2D eigenvalue weighted by molar-refractivity contribution is 5.71. The third kappa shape index (κ3) is 48.5. The van der Waals surface area contributed by atoms with Crippen LogP contribution in [0.15, 0.2) is 36.5 Å². The first-order chi connectivity index (χ1) is 30.0. The van der Waals surface area contributed by atoms with Gasteiger partial charge >= 0.3 is 17.9 Å². The van der Waals surface area contributed by atoms with Crippen molar-refractivity contribution >= 4 is 17.9 Å². The van der Waals surface area contributed by atoms with E-state index in [2.05, 4.69) is 57.2 Å². The second-order valence-electron chi connectivity index (χ2n) is 17.8. The Morgan fingerprint density at radius 2 is 0.590 bits per heavy atom. The zero-order chi connectivity index (χ0) is 44.4. The molecule has 356 valence electrons. The van der Waals surface area contributed by atoms with Gasteiger partial charge in [-0.05, 0) is 77.0 Å². The van der Waals surface area contributed by atoms with Crippen LogP contribution in [0.25, 0.3) is 0 Å². The molecule has 0 aromatic heterocycles. The van der Waals surface area contributed by atoms with Crippen molar-refractivity contribution in [2.24, 2.45) is 0 Å². The number of carbonyl (C=O) groups is 3. The van der Waals surface area contributed by atoms with Crippen LogP contribution in [0, 0.1) is 0 Å². The molecule has 0 heterocycles. The molecule has 0 spiro atoms. The fourth-order valence-corrected chi connectivity index (χ4v) is 7.59. The molecule has 0 aromatic carbocycles. The zero-order valence-corrected chi connectivity index (χ0v) is 40.7. The Kier molecular flexibility index (Phi) is 48.3. The van der Waals surface area contributed by atoms with E-state index < -0.39 is 6.10 Å². The number of rotatable bonds is 48. The van der Waals surface area contributed by atoms with Crippen LogP contribution in [0.5, 0.6) is 0 Å². The van der Waals surface area contributed by atoms with Crippen molar-refractivity contribution in [3.05, 3.63) is 36.5 Å². The van der Waals surface area contributed by atoms with E-state index in [0.717, 1.165) is 83.5 Å². The number of ether oxygens (including phenoxy) is 3. The third-order valence-electron chi connectivity index (χ3n) is 11.6. The molecule has 0 saturated carbocycles. The molecular formula is C55H100O6. The second kappa shape index (κ2) is 50.3. The lowest BCUT2D eigenvalue weighted by Crippen LogP contribution is -2.30. The summed E-state index contributed by atoms with van der Waals surface area (Å²) in [4.78, 5) is 37.8. The molecule has 0 rings (SSSR count). The molecule has 0 aliphatic heterocycles. The van der Waals surface area contributed by atoms with Crippen molar-refractivity contribution in [1.29, 1.82) is 0 Å². The van der Waals surface area contributed by atoms with Gasteiger partial charge in [-0.3, -0.25) is 14.4 Å². The van der Waals surface area contributed by atoms with Gasteiger partial charge in [0.05, 0.1) is 0 Å². The van der Waals surface area contributed by atoms with Crippen LogP contribution in [0.2, 0.25) is 0 Å². The van der Waals surface area contributed by atoms with E-state index in [-0.39, 0.29) is 31.1 Å². The van der Waals surface area contributed by atoms with Gasteiger partial charge in [-0.25, -0.2) is 0 Å². The first-order valence-electron chi connectivity index (χ1n) is 26.5. The van der Waals surface area contributed by atoms with Crippen molar-refractivity contribution in [1.82, 2.24) is 0 Å². The fraction of sp³-hybridized carbons (Fsp3) is 0.836.